The molecule has 234 valence electrons. The van der Waals surface area contributed by atoms with Gasteiger partial charge in [-0.25, -0.2) is 43.2 Å². The largest absolute Gasteiger partial charge is 0.478 e. The Morgan fingerprint density at radius 1 is 0.267 bits per heavy atom. The molecular weight excluding hydrogens is 612 g/mol. The number of carboxylic acids is 9. The molecule has 0 aliphatic heterocycles. The Morgan fingerprint density at radius 3 is 0.578 bits per heavy atom. The van der Waals surface area contributed by atoms with Gasteiger partial charge in [0, 0.05) is 0 Å². The highest BCUT2D eigenvalue weighted by Crippen LogP contribution is 2.14. The van der Waals surface area contributed by atoms with E-state index in [0.717, 1.165) is 54.6 Å². The summed E-state index contributed by atoms with van der Waals surface area (Å²) in [6.45, 7) is 0. The fourth-order valence-electron chi connectivity index (χ4n) is 3.12. The SMILES string of the molecule is O=C(O)c1ccc(C(=O)O)c(C(=O)O)c1.O=C(O)c1ccc(C(=O)O)c(C(=O)O)c1.O=C(O)c1ccc(C(=O)O)c(C(=O)O)c1. The number of carbonyl (C=O) groups is 9. The Bertz CT molecular complexity index is 1550. The van der Waals surface area contributed by atoms with Crippen molar-refractivity contribution in [3.63, 3.8) is 0 Å². The van der Waals surface area contributed by atoms with Crippen molar-refractivity contribution >= 4 is 53.7 Å². The van der Waals surface area contributed by atoms with Crippen molar-refractivity contribution in [2.45, 2.75) is 0 Å². The third kappa shape index (κ3) is 9.74. The molecule has 0 radical (unpaired) electrons. The molecule has 0 saturated carbocycles. The van der Waals surface area contributed by atoms with E-state index in [1.165, 1.54) is 0 Å². The van der Waals surface area contributed by atoms with Crippen LogP contribution in [0.2, 0.25) is 0 Å². The van der Waals surface area contributed by atoms with Crippen molar-refractivity contribution in [3.8, 4) is 0 Å². The number of rotatable bonds is 9. The normalized spacial score (nSPS) is 9.60. The fourth-order valence-corrected chi connectivity index (χ4v) is 3.12. The van der Waals surface area contributed by atoms with Gasteiger partial charge >= 0.3 is 53.7 Å². The van der Waals surface area contributed by atoms with Crippen molar-refractivity contribution in [2.24, 2.45) is 0 Å². The molecule has 0 spiro atoms. The lowest BCUT2D eigenvalue weighted by atomic mass is 10.0. The molecule has 3 aromatic rings. The van der Waals surface area contributed by atoms with E-state index < -0.39 is 87.1 Å². The van der Waals surface area contributed by atoms with E-state index in [-0.39, 0.29) is 16.7 Å². The third-order valence-corrected chi connectivity index (χ3v) is 5.18. The number of aromatic carboxylic acids is 9. The molecule has 0 aliphatic carbocycles. The van der Waals surface area contributed by atoms with Crippen LogP contribution in [0.15, 0.2) is 54.6 Å². The van der Waals surface area contributed by atoms with Crippen molar-refractivity contribution in [1.29, 1.82) is 0 Å². The summed E-state index contributed by atoms with van der Waals surface area (Å²) in [4.78, 5) is 95.3. The summed E-state index contributed by atoms with van der Waals surface area (Å²) in [7, 11) is 0. The molecule has 18 nitrogen and oxygen atoms in total. The topological polar surface area (TPSA) is 336 Å². The predicted molar refractivity (Wildman–Crippen MR) is 142 cm³/mol. The van der Waals surface area contributed by atoms with E-state index in [1.807, 2.05) is 0 Å². The van der Waals surface area contributed by atoms with Gasteiger partial charge in [0.1, 0.15) is 0 Å². The molecule has 0 aromatic heterocycles. The van der Waals surface area contributed by atoms with Gasteiger partial charge in [-0.2, -0.15) is 0 Å². The standard InChI is InChI=1S/3C9H6O6/c3*10-7(11)4-1-2-5(8(12)13)6(3-4)9(14)15/h3*1-3H,(H,10,11)(H,12,13)(H,14,15). The minimum Gasteiger partial charge on any atom is -0.478 e. The summed E-state index contributed by atoms with van der Waals surface area (Å²) >= 11 is 0. The lowest BCUT2D eigenvalue weighted by Gasteiger charge is -2.02. The minimum atomic E-state index is -1.48. The van der Waals surface area contributed by atoms with Gasteiger partial charge in [-0.1, -0.05) is 0 Å². The highest BCUT2D eigenvalue weighted by molar-refractivity contribution is 6.05. The predicted octanol–water partition coefficient (Wildman–Crippen LogP) is 2.34. The van der Waals surface area contributed by atoms with Gasteiger partial charge in [0.05, 0.1) is 50.1 Å². The average Bonchev–Trinajstić information content (AvgIpc) is 2.96. The van der Waals surface area contributed by atoms with Crippen LogP contribution in [0.25, 0.3) is 0 Å². The van der Waals surface area contributed by atoms with E-state index in [0.29, 0.717) is 0 Å². The molecule has 45 heavy (non-hydrogen) atoms. The monoisotopic (exact) mass is 630 g/mol. The van der Waals surface area contributed by atoms with E-state index in [2.05, 4.69) is 0 Å². The minimum absolute atomic E-state index is 0.266. The number of hydrogen-bond acceptors (Lipinski definition) is 9. The van der Waals surface area contributed by atoms with Crippen molar-refractivity contribution in [3.05, 3.63) is 105 Å². The molecule has 0 amide bonds. The van der Waals surface area contributed by atoms with E-state index in [4.69, 9.17) is 46.0 Å². The average molecular weight is 630 g/mol. The fraction of sp³-hybridized carbons (Fsp3) is 0. The maximum absolute atomic E-state index is 10.6. The van der Waals surface area contributed by atoms with Gasteiger partial charge in [0.25, 0.3) is 0 Å². The highest BCUT2D eigenvalue weighted by Gasteiger charge is 2.20. The molecule has 0 saturated heterocycles. The summed E-state index contributed by atoms with van der Waals surface area (Å²) in [5, 5.41) is 77.6. The first-order chi connectivity index (χ1) is 20.8. The van der Waals surface area contributed by atoms with Gasteiger partial charge < -0.3 is 46.0 Å². The van der Waals surface area contributed by atoms with Gasteiger partial charge in [0.2, 0.25) is 0 Å². The van der Waals surface area contributed by atoms with Gasteiger partial charge in [0.15, 0.2) is 0 Å². The van der Waals surface area contributed by atoms with Crippen molar-refractivity contribution < 1.29 is 89.1 Å². The summed E-state index contributed by atoms with van der Waals surface area (Å²) in [5.41, 5.74) is -3.73. The van der Waals surface area contributed by atoms with Crippen LogP contribution in [-0.4, -0.2) is 99.7 Å². The molecule has 0 heterocycles. The molecule has 0 bridgehead atoms. The van der Waals surface area contributed by atoms with Gasteiger partial charge in [-0.05, 0) is 54.6 Å². The number of hydrogen-bond donors (Lipinski definition) is 9. The van der Waals surface area contributed by atoms with Crippen LogP contribution in [-0.2, 0) is 0 Å². The summed E-state index contributed by atoms with van der Waals surface area (Å²) in [6.07, 6.45) is 0. The van der Waals surface area contributed by atoms with Crippen LogP contribution in [0.3, 0.4) is 0 Å². The molecule has 0 unspecified atom stereocenters. The molecule has 3 rings (SSSR count). The molecule has 18 heteroatoms. The van der Waals surface area contributed by atoms with Crippen LogP contribution >= 0.6 is 0 Å². The molecule has 0 atom stereocenters. The second kappa shape index (κ2) is 15.2. The second-order valence-corrected chi connectivity index (χ2v) is 8.03. The quantitative estimate of drug-likeness (QED) is 0.164. The zero-order valence-corrected chi connectivity index (χ0v) is 21.9. The third-order valence-electron chi connectivity index (χ3n) is 5.18. The smallest absolute Gasteiger partial charge is 0.336 e. The van der Waals surface area contributed by atoms with E-state index in [9.17, 15) is 43.2 Å². The molecule has 9 N–H and O–H groups in total. The van der Waals surface area contributed by atoms with Crippen LogP contribution in [0.4, 0.5) is 0 Å². The summed E-state index contributed by atoms with van der Waals surface area (Å²) < 4.78 is 0. The summed E-state index contributed by atoms with van der Waals surface area (Å²) in [5.74, 6) is -12.6. The zero-order chi connectivity index (χ0) is 34.8. The van der Waals surface area contributed by atoms with Crippen LogP contribution in [0.5, 0.6) is 0 Å². The molecular formula is C27H18O18. The Balaban J connectivity index is 0.000000337. The highest BCUT2D eigenvalue weighted by atomic mass is 16.4. The Labute approximate surface area is 247 Å². The maximum Gasteiger partial charge on any atom is 0.336 e. The van der Waals surface area contributed by atoms with Crippen LogP contribution in [0, 0.1) is 0 Å². The molecule has 3 aromatic carbocycles. The first-order valence-corrected chi connectivity index (χ1v) is 11.3. The zero-order valence-electron chi connectivity index (χ0n) is 21.9. The van der Waals surface area contributed by atoms with Gasteiger partial charge in [-0.3, -0.25) is 0 Å². The van der Waals surface area contributed by atoms with E-state index >= 15 is 0 Å². The maximum atomic E-state index is 10.6. The Hall–Kier alpha value is -7.11. The first-order valence-electron chi connectivity index (χ1n) is 11.3. The van der Waals surface area contributed by atoms with E-state index in [1.54, 1.807) is 0 Å². The second-order valence-electron chi connectivity index (χ2n) is 8.03. The number of carboxylic acid groups (broad SMARTS) is 9. The van der Waals surface area contributed by atoms with Crippen LogP contribution in [0.1, 0.15) is 93.2 Å². The number of benzene rings is 3. The first kappa shape index (κ1) is 35.9. The molecule has 0 aliphatic rings. The summed E-state index contributed by atoms with van der Waals surface area (Å²) in [6, 6.07) is 8.42. The lowest BCUT2D eigenvalue weighted by Crippen LogP contribution is -2.10. The van der Waals surface area contributed by atoms with Gasteiger partial charge in [-0.15, -0.1) is 0 Å². The van der Waals surface area contributed by atoms with Crippen molar-refractivity contribution in [2.75, 3.05) is 0 Å². The van der Waals surface area contributed by atoms with Crippen molar-refractivity contribution in [1.82, 2.24) is 0 Å². The lowest BCUT2D eigenvalue weighted by molar-refractivity contribution is 0.0648. The molecule has 0 fully saturated rings. The Kier molecular flexibility index (Phi) is 12.1. The van der Waals surface area contributed by atoms with Crippen LogP contribution < -0.4 is 0 Å². The Morgan fingerprint density at radius 2 is 0.444 bits per heavy atom.